The van der Waals surface area contributed by atoms with Gasteiger partial charge in [0.1, 0.15) is 5.75 Å². The zero-order valence-electron chi connectivity index (χ0n) is 16.7. The van der Waals surface area contributed by atoms with Crippen LogP contribution in [0.25, 0.3) is 0 Å². The number of methoxy groups -OCH3 is 3. The van der Waals surface area contributed by atoms with E-state index < -0.39 is 6.04 Å². The summed E-state index contributed by atoms with van der Waals surface area (Å²) in [5.41, 5.74) is 9.70. The summed E-state index contributed by atoms with van der Waals surface area (Å²) in [4.78, 5) is 14.8. The van der Waals surface area contributed by atoms with Gasteiger partial charge in [0.05, 0.1) is 21.3 Å². The third-order valence-electron chi connectivity index (χ3n) is 5.30. The maximum Gasteiger partial charge on any atom is 0.224 e. The van der Waals surface area contributed by atoms with Crippen molar-refractivity contribution in [1.82, 2.24) is 4.90 Å². The van der Waals surface area contributed by atoms with Crippen LogP contribution in [0, 0.1) is 0 Å². The van der Waals surface area contributed by atoms with Gasteiger partial charge in [-0.2, -0.15) is 0 Å². The van der Waals surface area contributed by atoms with Gasteiger partial charge in [0.25, 0.3) is 0 Å². The van der Waals surface area contributed by atoms with Gasteiger partial charge in [-0.3, -0.25) is 4.79 Å². The largest absolute Gasteiger partial charge is 0.497 e. The molecular formula is C22H28N2O4. The lowest BCUT2D eigenvalue weighted by atomic mass is 10.0. The fraction of sp³-hybridized carbons (Fsp3) is 0.409. The Morgan fingerprint density at radius 2 is 1.68 bits per heavy atom. The van der Waals surface area contributed by atoms with Gasteiger partial charge in [0, 0.05) is 25.6 Å². The zero-order valence-corrected chi connectivity index (χ0v) is 16.7. The highest BCUT2D eigenvalue weighted by Gasteiger charge is 2.22. The molecular weight excluding hydrogens is 356 g/mol. The number of nitrogens with zero attached hydrogens (tertiary/aromatic N) is 1. The van der Waals surface area contributed by atoms with E-state index in [0.717, 1.165) is 24.2 Å². The van der Waals surface area contributed by atoms with Crippen LogP contribution in [0.4, 0.5) is 0 Å². The molecule has 0 aliphatic carbocycles. The van der Waals surface area contributed by atoms with Crippen LogP contribution in [-0.2, 0) is 17.6 Å². The molecule has 6 heteroatoms. The highest BCUT2D eigenvalue weighted by atomic mass is 16.5. The molecule has 0 unspecified atom stereocenters. The van der Waals surface area contributed by atoms with Crippen molar-refractivity contribution in [2.75, 3.05) is 34.4 Å². The molecule has 0 bridgehead atoms. The molecule has 0 fully saturated rings. The first-order chi connectivity index (χ1) is 13.5. The van der Waals surface area contributed by atoms with Crippen LogP contribution in [0.2, 0.25) is 0 Å². The third-order valence-corrected chi connectivity index (χ3v) is 5.30. The van der Waals surface area contributed by atoms with Crippen molar-refractivity contribution >= 4 is 5.91 Å². The van der Waals surface area contributed by atoms with Crippen LogP contribution < -0.4 is 19.9 Å². The average molecular weight is 384 g/mol. The van der Waals surface area contributed by atoms with Gasteiger partial charge in [-0.05, 0) is 53.8 Å². The Bertz CT molecular complexity index is 837. The standard InChI is InChI=1S/C22H28N2O4/c1-26-18-6-4-15-8-10-24(11-9-16(15)12-18)22(25)14-19(23)17-5-7-20(27-2)21(13-17)28-3/h4-7,12-13,19H,8-11,14,23H2,1-3H3/t19-/m0/s1. The highest BCUT2D eigenvalue weighted by Crippen LogP contribution is 2.30. The summed E-state index contributed by atoms with van der Waals surface area (Å²) in [6.45, 7) is 1.40. The minimum absolute atomic E-state index is 0.0713. The van der Waals surface area contributed by atoms with Gasteiger partial charge >= 0.3 is 0 Å². The fourth-order valence-corrected chi connectivity index (χ4v) is 3.60. The van der Waals surface area contributed by atoms with E-state index in [2.05, 4.69) is 12.1 Å². The van der Waals surface area contributed by atoms with Crippen LogP contribution in [0.3, 0.4) is 0 Å². The molecule has 1 amide bonds. The second-order valence-corrected chi connectivity index (χ2v) is 6.94. The van der Waals surface area contributed by atoms with E-state index in [4.69, 9.17) is 19.9 Å². The lowest BCUT2D eigenvalue weighted by Gasteiger charge is -2.22. The Morgan fingerprint density at radius 3 is 2.36 bits per heavy atom. The topological polar surface area (TPSA) is 74.0 Å². The smallest absolute Gasteiger partial charge is 0.224 e. The molecule has 1 atom stereocenters. The Balaban J connectivity index is 1.65. The molecule has 2 aromatic rings. The second kappa shape index (κ2) is 8.97. The number of benzene rings is 2. The number of nitrogens with two attached hydrogens (primary N) is 1. The second-order valence-electron chi connectivity index (χ2n) is 6.94. The molecule has 1 heterocycles. The first-order valence-electron chi connectivity index (χ1n) is 9.46. The van der Waals surface area contributed by atoms with Crippen molar-refractivity contribution in [2.45, 2.75) is 25.3 Å². The van der Waals surface area contributed by atoms with Crippen LogP contribution in [0.15, 0.2) is 36.4 Å². The van der Waals surface area contributed by atoms with E-state index in [1.165, 1.54) is 11.1 Å². The number of amides is 1. The molecule has 28 heavy (non-hydrogen) atoms. The number of fused-ring (bicyclic) bond motifs is 1. The van der Waals surface area contributed by atoms with E-state index in [1.54, 1.807) is 21.3 Å². The van der Waals surface area contributed by atoms with Crippen LogP contribution in [0.1, 0.15) is 29.2 Å². The van der Waals surface area contributed by atoms with Crippen molar-refractivity contribution < 1.29 is 19.0 Å². The van der Waals surface area contributed by atoms with E-state index in [1.807, 2.05) is 29.2 Å². The average Bonchev–Trinajstić information content (AvgIpc) is 2.95. The number of hydrogen-bond acceptors (Lipinski definition) is 5. The fourth-order valence-electron chi connectivity index (χ4n) is 3.60. The predicted octanol–water partition coefficient (Wildman–Crippen LogP) is 2.73. The minimum atomic E-state index is -0.391. The number of hydrogen-bond donors (Lipinski definition) is 1. The van der Waals surface area contributed by atoms with Gasteiger partial charge in [0.15, 0.2) is 11.5 Å². The number of carbonyl (C=O) groups is 1. The molecule has 2 N–H and O–H groups in total. The van der Waals surface area contributed by atoms with Gasteiger partial charge in [0.2, 0.25) is 5.91 Å². The summed E-state index contributed by atoms with van der Waals surface area (Å²) >= 11 is 0. The van der Waals surface area contributed by atoms with Crippen LogP contribution >= 0.6 is 0 Å². The zero-order chi connectivity index (χ0) is 20.1. The molecule has 2 aromatic carbocycles. The van der Waals surface area contributed by atoms with Crippen LogP contribution in [-0.4, -0.2) is 45.2 Å². The molecule has 3 rings (SSSR count). The van der Waals surface area contributed by atoms with Gasteiger partial charge in [-0.15, -0.1) is 0 Å². The molecule has 150 valence electrons. The summed E-state index contributed by atoms with van der Waals surface area (Å²) in [7, 11) is 4.85. The summed E-state index contributed by atoms with van der Waals surface area (Å²) in [6.07, 6.45) is 1.93. The van der Waals surface area contributed by atoms with E-state index in [9.17, 15) is 4.79 Å². The predicted molar refractivity (Wildman–Crippen MR) is 108 cm³/mol. The lowest BCUT2D eigenvalue weighted by molar-refractivity contribution is -0.131. The molecule has 0 saturated heterocycles. The molecule has 0 radical (unpaired) electrons. The summed E-state index contributed by atoms with van der Waals surface area (Å²) in [6, 6.07) is 11.3. The lowest BCUT2D eigenvalue weighted by Crippen LogP contribution is -2.35. The monoisotopic (exact) mass is 384 g/mol. The van der Waals surface area contributed by atoms with Gasteiger partial charge < -0.3 is 24.8 Å². The Kier molecular flexibility index (Phi) is 6.41. The van der Waals surface area contributed by atoms with E-state index in [0.29, 0.717) is 24.6 Å². The van der Waals surface area contributed by atoms with Crippen molar-refractivity contribution in [3.63, 3.8) is 0 Å². The molecule has 1 aliphatic rings. The molecule has 0 aromatic heterocycles. The maximum atomic E-state index is 12.9. The van der Waals surface area contributed by atoms with Crippen molar-refractivity contribution in [2.24, 2.45) is 5.73 Å². The van der Waals surface area contributed by atoms with Crippen molar-refractivity contribution in [3.8, 4) is 17.2 Å². The van der Waals surface area contributed by atoms with E-state index in [-0.39, 0.29) is 12.3 Å². The molecule has 1 aliphatic heterocycles. The van der Waals surface area contributed by atoms with Gasteiger partial charge in [-0.1, -0.05) is 12.1 Å². The molecule has 0 saturated carbocycles. The SMILES string of the molecule is COc1ccc2c(c1)CCN(C(=O)C[C@H](N)c1ccc(OC)c(OC)c1)CC2. The number of rotatable bonds is 6. The highest BCUT2D eigenvalue weighted by molar-refractivity contribution is 5.77. The normalized spacial score (nSPS) is 14.6. The molecule has 6 nitrogen and oxygen atoms in total. The van der Waals surface area contributed by atoms with E-state index >= 15 is 0 Å². The maximum absolute atomic E-state index is 12.9. The first kappa shape index (κ1) is 20.0. The quantitative estimate of drug-likeness (QED) is 0.829. The molecule has 0 spiro atoms. The van der Waals surface area contributed by atoms with Crippen molar-refractivity contribution in [1.29, 1.82) is 0 Å². The minimum Gasteiger partial charge on any atom is -0.497 e. The third kappa shape index (κ3) is 4.39. The number of carbonyl (C=O) groups excluding carboxylic acids is 1. The Morgan fingerprint density at radius 1 is 0.964 bits per heavy atom. The van der Waals surface area contributed by atoms with Crippen LogP contribution in [0.5, 0.6) is 17.2 Å². The first-order valence-corrected chi connectivity index (χ1v) is 9.46. The Hall–Kier alpha value is -2.73. The van der Waals surface area contributed by atoms with Gasteiger partial charge in [-0.25, -0.2) is 0 Å². The summed E-state index contributed by atoms with van der Waals surface area (Å²) in [5.74, 6) is 2.18. The number of ether oxygens (including phenoxy) is 3. The summed E-state index contributed by atoms with van der Waals surface area (Å²) in [5, 5.41) is 0. The summed E-state index contributed by atoms with van der Waals surface area (Å²) < 4.78 is 15.9. The van der Waals surface area contributed by atoms with Crippen molar-refractivity contribution in [3.05, 3.63) is 53.1 Å². The Labute approximate surface area is 166 Å².